The summed E-state index contributed by atoms with van der Waals surface area (Å²) >= 11 is 0. The Labute approximate surface area is 142 Å². The van der Waals surface area contributed by atoms with Gasteiger partial charge in [-0.15, -0.1) is 0 Å². The zero-order chi connectivity index (χ0) is 16.3. The van der Waals surface area contributed by atoms with Gasteiger partial charge in [-0.2, -0.15) is 0 Å². The van der Waals surface area contributed by atoms with Crippen molar-refractivity contribution in [3.05, 3.63) is 54.1 Å². The molecule has 126 valence electrons. The fourth-order valence-electron chi connectivity index (χ4n) is 3.10. The van der Waals surface area contributed by atoms with E-state index in [1.165, 1.54) is 56.3 Å². The third-order valence-electron chi connectivity index (χ3n) is 4.55. The number of nitrogens with zero attached hydrogens (tertiary/aromatic N) is 2. The second kappa shape index (κ2) is 10.3. The lowest BCUT2D eigenvalue weighted by Gasteiger charge is -2.06. The fraction of sp³-hybridized carbons (Fsp3) is 0.571. The summed E-state index contributed by atoms with van der Waals surface area (Å²) in [5, 5.41) is 0. The second-order valence-electron chi connectivity index (χ2n) is 6.53. The minimum Gasteiger partial charge on any atom is -0.234 e. The lowest BCUT2D eigenvalue weighted by atomic mass is 10.1. The van der Waals surface area contributed by atoms with E-state index in [-0.39, 0.29) is 0 Å². The van der Waals surface area contributed by atoms with Crippen LogP contribution in [-0.2, 0) is 19.5 Å². The Morgan fingerprint density at radius 3 is 2.35 bits per heavy atom. The van der Waals surface area contributed by atoms with Crippen LogP contribution >= 0.6 is 0 Å². The lowest BCUT2D eigenvalue weighted by molar-refractivity contribution is -0.703. The van der Waals surface area contributed by atoms with Crippen molar-refractivity contribution in [2.24, 2.45) is 0 Å². The third-order valence-corrected chi connectivity index (χ3v) is 4.55. The van der Waals surface area contributed by atoms with Crippen molar-refractivity contribution in [1.82, 2.24) is 4.57 Å². The van der Waals surface area contributed by atoms with Gasteiger partial charge in [0.05, 0.1) is 19.5 Å². The Kier molecular flexibility index (Phi) is 7.92. The number of hydrogen-bond acceptors (Lipinski definition) is 0. The number of aryl methyl sites for hydroxylation is 2. The highest BCUT2D eigenvalue weighted by atomic mass is 15.1. The number of unbranched alkanes of at least 4 members (excludes halogenated alkanes) is 5. The second-order valence-corrected chi connectivity index (χ2v) is 6.53. The van der Waals surface area contributed by atoms with E-state index in [1.807, 2.05) is 0 Å². The van der Waals surface area contributed by atoms with E-state index < -0.39 is 0 Å². The van der Waals surface area contributed by atoms with E-state index in [1.54, 1.807) is 0 Å². The molecule has 1 aromatic carbocycles. The molecule has 2 heteroatoms. The van der Waals surface area contributed by atoms with Crippen LogP contribution in [0.2, 0.25) is 0 Å². The first-order valence-electron chi connectivity index (χ1n) is 9.46. The predicted octanol–water partition coefficient (Wildman–Crippen LogP) is 5.14. The molecule has 0 bridgehead atoms. The van der Waals surface area contributed by atoms with Gasteiger partial charge < -0.3 is 0 Å². The van der Waals surface area contributed by atoms with Crippen molar-refractivity contribution in [3.8, 4) is 0 Å². The molecule has 2 rings (SSSR count). The lowest BCUT2D eigenvalue weighted by Crippen LogP contribution is -2.37. The summed E-state index contributed by atoms with van der Waals surface area (Å²) < 4.78 is 4.94. The molecule has 23 heavy (non-hydrogen) atoms. The van der Waals surface area contributed by atoms with Crippen LogP contribution in [-0.4, -0.2) is 4.57 Å². The molecular weight excluding hydrogens is 280 g/mol. The summed E-state index contributed by atoms with van der Waals surface area (Å²) in [6.45, 7) is 6.84. The Hall–Kier alpha value is -1.57. The fourth-order valence-corrected chi connectivity index (χ4v) is 3.10. The number of imidazole rings is 1. The molecule has 0 N–H and O–H groups in total. The van der Waals surface area contributed by atoms with Crippen LogP contribution in [0, 0.1) is 0 Å². The summed E-state index contributed by atoms with van der Waals surface area (Å²) in [5.74, 6) is 1.46. The van der Waals surface area contributed by atoms with Crippen molar-refractivity contribution in [2.45, 2.75) is 78.3 Å². The van der Waals surface area contributed by atoms with Crippen LogP contribution in [0.25, 0.3) is 0 Å². The maximum Gasteiger partial charge on any atom is 0.260 e. The molecule has 2 nitrogen and oxygen atoms in total. The third kappa shape index (κ3) is 5.85. The predicted molar refractivity (Wildman–Crippen MR) is 97.5 cm³/mol. The minimum atomic E-state index is 1.03. The molecule has 0 radical (unpaired) electrons. The van der Waals surface area contributed by atoms with Gasteiger partial charge in [-0.3, -0.25) is 0 Å². The van der Waals surface area contributed by atoms with E-state index in [2.05, 4.69) is 65.7 Å². The zero-order valence-corrected chi connectivity index (χ0v) is 15.0. The van der Waals surface area contributed by atoms with Gasteiger partial charge in [-0.25, -0.2) is 9.13 Å². The Morgan fingerprint density at radius 1 is 0.870 bits per heavy atom. The van der Waals surface area contributed by atoms with Gasteiger partial charge in [0.2, 0.25) is 0 Å². The average Bonchev–Trinajstić information content (AvgIpc) is 2.95. The first kappa shape index (κ1) is 17.8. The molecule has 0 aliphatic rings. The smallest absolute Gasteiger partial charge is 0.234 e. The molecule has 1 aromatic heterocycles. The molecule has 0 aliphatic carbocycles. The summed E-state index contributed by atoms with van der Waals surface area (Å²) in [6.07, 6.45) is 14.8. The van der Waals surface area contributed by atoms with Gasteiger partial charge >= 0.3 is 0 Å². The summed E-state index contributed by atoms with van der Waals surface area (Å²) in [6, 6.07) is 10.9. The minimum absolute atomic E-state index is 1.03. The van der Waals surface area contributed by atoms with Gasteiger partial charge in [-0.1, -0.05) is 69.9 Å². The van der Waals surface area contributed by atoms with E-state index in [9.17, 15) is 0 Å². The number of rotatable bonds is 11. The highest BCUT2D eigenvalue weighted by molar-refractivity contribution is 5.18. The normalized spacial score (nSPS) is 11.0. The largest absolute Gasteiger partial charge is 0.260 e. The van der Waals surface area contributed by atoms with Crippen LogP contribution in [0.5, 0.6) is 0 Å². The van der Waals surface area contributed by atoms with Crippen LogP contribution in [0.3, 0.4) is 0 Å². The van der Waals surface area contributed by atoms with Gasteiger partial charge in [0.1, 0.15) is 12.4 Å². The summed E-state index contributed by atoms with van der Waals surface area (Å²) in [5.41, 5.74) is 1.41. The van der Waals surface area contributed by atoms with Gasteiger partial charge in [0, 0.05) is 0 Å². The van der Waals surface area contributed by atoms with Crippen molar-refractivity contribution in [3.63, 3.8) is 0 Å². The molecule has 0 atom stereocenters. The standard InChI is InChI=1S/C21H33N2/c1-3-5-7-8-12-16-23-18-17-22(15-6-4-2)21(23)19-20-13-10-9-11-14-20/h9-11,13-14,17-18H,3-8,12,15-16,19H2,1-2H3/q+1. The van der Waals surface area contributed by atoms with Crippen molar-refractivity contribution >= 4 is 0 Å². The molecule has 0 saturated carbocycles. The quantitative estimate of drug-likeness (QED) is 0.401. The van der Waals surface area contributed by atoms with Gasteiger partial charge in [0.15, 0.2) is 0 Å². The number of hydrogen-bond donors (Lipinski definition) is 0. The molecule has 0 amide bonds. The molecule has 0 aliphatic heterocycles. The first-order valence-corrected chi connectivity index (χ1v) is 9.46. The van der Waals surface area contributed by atoms with Crippen molar-refractivity contribution < 1.29 is 4.57 Å². The van der Waals surface area contributed by atoms with E-state index >= 15 is 0 Å². The average molecular weight is 314 g/mol. The van der Waals surface area contributed by atoms with Crippen LogP contribution in [0.15, 0.2) is 42.7 Å². The number of benzene rings is 1. The van der Waals surface area contributed by atoms with E-state index in [0.29, 0.717) is 0 Å². The highest BCUT2D eigenvalue weighted by Gasteiger charge is 2.17. The van der Waals surface area contributed by atoms with Crippen molar-refractivity contribution in [2.75, 3.05) is 0 Å². The molecule has 1 heterocycles. The topological polar surface area (TPSA) is 8.81 Å². The zero-order valence-electron chi connectivity index (χ0n) is 15.0. The monoisotopic (exact) mass is 313 g/mol. The number of aromatic nitrogens is 2. The highest BCUT2D eigenvalue weighted by Crippen LogP contribution is 2.09. The Balaban J connectivity index is 2.03. The molecule has 0 fully saturated rings. The first-order chi connectivity index (χ1) is 11.3. The van der Waals surface area contributed by atoms with E-state index in [4.69, 9.17) is 0 Å². The Morgan fingerprint density at radius 2 is 1.61 bits per heavy atom. The van der Waals surface area contributed by atoms with E-state index in [0.717, 1.165) is 19.5 Å². The van der Waals surface area contributed by atoms with Crippen LogP contribution in [0.4, 0.5) is 0 Å². The summed E-state index contributed by atoms with van der Waals surface area (Å²) in [4.78, 5) is 0. The molecular formula is C21H33N2+. The maximum atomic E-state index is 2.48. The SMILES string of the molecule is CCCCCCC[n+]1ccn(CCCC)c1Cc1ccccc1. The van der Waals surface area contributed by atoms with Crippen LogP contribution in [0.1, 0.15) is 70.2 Å². The molecule has 0 unspecified atom stereocenters. The molecule has 0 spiro atoms. The van der Waals surface area contributed by atoms with Crippen LogP contribution < -0.4 is 4.57 Å². The molecule has 2 aromatic rings. The van der Waals surface area contributed by atoms with Gasteiger partial charge in [0.25, 0.3) is 5.82 Å². The van der Waals surface area contributed by atoms with Crippen molar-refractivity contribution in [1.29, 1.82) is 0 Å². The maximum absolute atomic E-state index is 2.48. The molecule has 0 saturated heterocycles. The summed E-state index contributed by atoms with van der Waals surface area (Å²) in [7, 11) is 0. The Bertz CT molecular complexity index is 542. The van der Waals surface area contributed by atoms with Gasteiger partial charge in [-0.05, 0) is 24.8 Å².